The van der Waals surface area contributed by atoms with Crippen LogP contribution in [0, 0.1) is 6.92 Å². The maximum atomic E-state index is 12.1. The van der Waals surface area contributed by atoms with Crippen LogP contribution < -0.4 is 15.8 Å². The topological polar surface area (TPSA) is 83.6 Å². The van der Waals surface area contributed by atoms with Gasteiger partial charge in [-0.3, -0.25) is 20.4 Å². The van der Waals surface area contributed by atoms with Crippen molar-refractivity contribution in [2.45, 2.75) is 26.7 Å². The monoisotopic (exact) mass is 394 g/mol. The Bertz CT molecular complexity index is 781. The van der Waals surface area contributed by atoms with Crippen molar-refractivity contribution >= 4 is 39.6 Å². The SMILES string of the molecule is CCc1sc(C(=O)NNC(=O)Cc2csc(N3CCOCC3)n2)cc1C. The van der Waals surface area contributed by atoms with Gasteiger partial charge < -0.3 is 9.64 Å². The van der Waals surface area contributed by atoms with Crippen LogP contribution >= 0.6 is 22.7 Å². The highest BCUT2D eigenvalue weighted by molar-refractivity contribution is 7.14. The Morgan fingerprint density at radius 1 is 1.31 bits per heavy atom. The highest BCUT2D eigenvalue weighted by Crippen LogP contribution is 2.22. The zero-order valence-electron chi connectivity index (χ0n) is 14.8. The minimum atomic E-state index is -0.293. The van der Waals surface area contributed by atoms with E-state index >= 15 is 0 Å². The molecule has 9 heteroatoms. The quantitative estimate of drug-likeness (QED) is 0.757. The predicted octanol–water partition coefficient (Wildman–Crippen LogP) is 1.92. The number of amides is 2. The summed E-state index contributed by atoms with van der Waals surface area (Å²) in [5.74, 6) is -0.584. The normalized spacial score (nSPS) is 14.3. The Balaban J connectivity index is 1.49. The lowest BCUT2D eigenvalue weighted by Gasteiger charge is -2.26. The summed E-state index contributed by atoms with van der Waals surface area (Å²) < 4.78 is 5.33. The van der Waals surface area contributed by atoms with Crippen LogP contribution in [0.5, 0.6) is 0 Å². The molecule has 26 heavy (non-hydrogen) atoms. The molecule has 0 aliphatic carbocycles. The van der Waals surface area contributed by atoms with Crippen molar-refractivity contribution in [2.75, 3.05) is 31.2 Å². The van der Waals surface area contributed by atoms with Crippen molar-refractivity contribution in [2.24, 2.45) is 0 Å². The summed E-state index contributed by atoms with van der Waals surface area (Å²) in [5.41, 5.74) is 6.74. The Morgan fingerprint density at radius 2 is 2.08 bits per heavy atom. The van der Waals surface area contributed by atoms with Crippen LogP contribution in [0.4, 0.5) is 5.13 Å². The molecular formula is C17H22N4O3S2. The van der Waals surface area contributed by atoms with Crippen LogP contribution in [-0.2, 0) is 22.4 Å². The van der Waals surface area contributed by atoms with Crippen molar-refractivity contribution < 1.29 is 14.3 Å². The van der Waals surface area contributed by atoms with Gasteiger partial charge in [-0.15, -0.1) is 22.7 Å². The first kappa shape index (κ1) is 18.8. The summed E-state index contributed by atoms with van der Waals surface area (Å²) >= 11 is 2.97. The Labute approximate surface area is 160 Å². The third-order valence-corrected chi connectivity index (χ3v) is 6.37. The smallest absolute Gasteiger partial charge is 0.279 e. The molecule has 1 saturated heterocycles. The summed E-state index contributed by atoms with van der Waals surface area (Å²) in [6.45, 7) is 7.07. The molecular weight excluding hydrogens is 372 g/mol. The maximum absolute atomic E-state index is 12.1. The molecule has 0 spiro atoms. The van der Waals surface area contributed by atoms with Crippen LogP contribution in [0.15, 0.2) is 11.4 Å². The first-order valence-corrected chi connectivity index (χ1v) is 10.2. The van der Waals surface area contributed by atoms with Gasteiger partial charge in [0.05, 0.1) is 30.2 Å². The van der Waals surface area contributed by atoms with E-state index in [0.717, 1.165) is 30.2 Å². The zero-order chi connectivity index (χ0) is 18.5. The fraction of sp³-hybridized carbons (Fsp3) is 0.471. The lowest BCUT2D eigenvalue weighted by atomic mass is 10.2. The molecule has 0 unspecified atom stereocenters. The number of morpholine rings is 1. The minimum absolute atomic E-state index is 0.130. The van der Waals surface area contributed by atoms with Gasteiger partial charge in [0, 0.05) is 23.3 Å². The van der Waals surface area contributed by atoms with E-state index in [1.54, 1.807) is 0 Å². The van der Waals surface area contributed by atoms with Crippen molar-refractivity contribution in [1.82, 2.24) is 15.8 Å². The van der Waals surface area contributed by atoms with Gasteiger partial charge in [-0.25, -0.2) is 4.98 Å². The number of nitrogens with zero attached hydrogens (tertiary/aromatic N) is 2. The number of thiophene rings is 1. The van der Waals surface area contributed by atoms with Crippen molar-refractivity contribution in [3.63, 3.8) is 0 Å². The average Bonchev–Trinajstić information content (AvgIpc) is 3.27. The van der Waals surface area contributed by atoms with E-state index in [1.165, 1.54) is 27.6 Å². The van der Waals surface area contributed by atoms with Crippen LogP contribution in [0.2, 0.25) is 0 Å². The summed E-state index contributed by atoms with van der Waals surface area (Å²) in [7, 11) is 0. The molecule has 0 bridgehead atoms. The number of carbonyl (C=O) groups is 2. The van der Waals surface area contributed by atoms with Crippen LogP contribution in [0.1, 0.15) is 32.7 Å². The largest absolute Gasteiger partial charge is 0.378 e. The van der Waals surface area contributed by atoms with Gasteiger partial charge >= 0.3 is 0 Å². The number of hydrogen-bond donors (Lipinski definition) is 2. The molecule has 0 atom stereocenters. The number of nitrogens with one attached hydrogen (secondary N) is 2. The van der Waals surface area contributed by atoms with Crippen LogP contribution in [0.3, 0.4) is 0 Å². The molecule has 2 amide bonds. The highest BCUT2D eigenvalue weighted by Gasteiger charge is 2.16. The lowest BCUT2D eigenvalue weighted by molar-refractivity contribution is -0.121. The number of carbonyl (C=O) groups excluding carboxylic acids is 2. The van der Waals surface area contributed by atoms with Gasteiger partial charge in [0.1, 0.15) is 0 Å². The summed E-state index contributed by atoms with van der Waals surface area (Å²) in [6.07, 6.45) is 1.02. The highest BCUT2D eigenvalue weighted by atomic mass is 32.1. The number of thiazole rings is 1. The average molecular weight is 395 g/mol. The number of hydrazine groups is 1. The fourth-order valence-corrected chi connectivity index (χ4v) is 4.55. The first-order valence-electron chi connectivity index (χ1n) is 8.52. The lowest BCUT2D eigenvalue weighted by Crippen LogP contribution is -2.42. The van der Waals surface area contributed by atoms with E-state index in [1.807, 2.05) is 18.4 Å². The summed E-state index contributed by atoms with van der Waals surface area (Å²) in [5, 5.41) is 2.78. The number of hydrogen-bond acceptors (Lipinski definition) is 7. The standard InChI is InChI=1S/C17H22N4O3S2/c1-3-13-11(2)8-14(26-13)16(23)20-19-15(22)9-12-10-25-17(18-12)21-4-6-24-7-5-21/h8,10H,3-7,9H2,1-2H3,(H,19,22)(H,20,23). The van der Waals surface area contributed by atoms with Gasteiger partial charge in [0.25, 0.3) is 5.91 Å². The second-order valence-corrected chi connectivity index (χ2v) is 7.94. The zero-order valence-corrected chi connectivity index (χ0v) is 16.5. The van der Waals surface area contributed by atoms with E-state index in [4.69, 9.17) is 4.74 Å². The first-order chi connectivity index (χ1) is 12.6. The molecule has 7 nitrogen and oxygen atoms in total. The van der Waals surface area contributed by atoms with Crippen molar-refractivity contribution in [3.8, 4) is 0 Å². The van der Waals surface area contributed by atoms with E-state index in [2.05, 4.69) is 27.7 Å². The Kier molecular flexibility index (Phi) is 6.23. The summed E-state index contributed by atoms with van der Waals surface area (Å²) in [6, 6.07) is 1.85. The molecule has 0 radical (unpaired) electrons. The molecule has 0 aromatic carbocycles. The predicted molar refractivity (Wildman–Crippen MR) is 103 cm³/mol. The van der Waals surface area contributed by atoms with E-state index in [9.17, 15) is 9.59 Å². The van der Waals surface area contributed by atoms with Gasteiger partial charge in [-0.2, -0.15) is 0 Å². The molecule has 1 fully saturated rings. The second-order valence-electron chi connectivity index (χ2n) is 5.97. The number of ether oxygens (including phenoxy) is 1. The number of aryl methyl sites for hydroxylation is 2. The third-order valence-electron chi connectivity index (χ3n) is 4.04. The van der Waals surface area contributed by atoms with Crippen molar-refractivity contribution in [3.05, 3.63) is 32.5 Å². The fourth-order valence-electron chi connectivity index (χ4n) is 2.66. The van der Waals surface area contributed by atoms with E-state index in [-0.39, 0.29) is 18.2 Å². The van der Waals surface area contributed by atoms with E-state index < -0.39 is 0 Å². The minimum Gasteiger partial charge on any atom is -0.378 e. The molecule has 3 heterocycles. The second kappa shape index (κ2) is 8.61. The Morgan fingerprint density at radius 3 is 2.77 bits per heavy atom. The van der Waals surface area contributed by atoms with E-state index in [0.29, 0.717) is 23.8 Å². The Hall–Kier alpha value is -1.97. The number of anilines is 1. The van der Waals surface area contributed by atoms with Crippen LogP contribution in [0.25, 0.3) is 0 Å². The molecule has 3 rings (SSSR count). The molecule has 1 aliphatic rings. The molecule has 0 saturated carbocycles. The molecule has 2 N–H and O–H groups in total. The molecule has 2 aromatic heterocycles. The van der Waals surface area contributed by atoms with Gasteiger partial charge in [-0.05, 0) is 25.0 Å². The molecule has 1 aliphatic heterocycles. The molecule has 2 aromatic rings. The molecule has 140 valence electrons. The van der Waals surface area contributed by atoms with Gasteiger partial charge in [-0.1, -0.05) is 6.92 Å². The number of rotatable bonds is 5. The van der Waals surface area contributed by atoms with Gasteiger partial charge in [0.2, 0.25) is 5.91 Å². The maximum Gasteiger partial charge on any atom is 0.279 e. The van der Waals surface area contributed by atoms with Crippen molar-refractivity contribution in [1.29, 1.82) is 0 Å². The third kappa shape index (κ3) is 4.60. The summed E-state index contributed by atoms with van der Waals surface area (Å²) in [4.78, 5) is 32.7. The number of aromatic nitrogens is 1. The van der Waals surface area contributed by atoms with Gasteiger partial charge in [0.15, 0.2) is 5.13 Å². The van der Waals surface area contributed by atoms with Crippen LogP contribution in [-0.4, -0.2) is 43.1 Å².